The fraction of sp³-hybridized carbons (Fsp3) is 0. The first kappa shape index (κ1) is 50.5. The van der Waals surface area contributed by atoms with Crippen molar-refractivity contribution in [3.05, 3.63) is 279 Å². The molecule has 0 aliphatic heterocycles. The van der Waals surface area contributed by atoms with Gasteiger partial charge in [0, 0.05) is 97.0 Å². The second kappa shape index (κ2) is 18.0. The lowest BCUT2D eigenvalue weighted by Gasteiger charge is -2.12. The van der Waals surface area contributed by atoms with Gasteiger partial charge in [0.2, 0.25) is 0 Å². The van der Waals surface area contributed by atoms with Crippen LogP contribution in [-0.4, -0.2) is 8.80 Å². The Morgan fingerprint density at radius 3 is 0.804 bits per heavy atom. The molecule has 9 aromatic heterocycles. The van der Waals surface area contributed by atoms with Crippen molar-refractivity contribution >= 4 is 186 Å². The van der Waals surface area contributed by atoms with Crippen molar-refractivity contribution in [3.63, 3.8) is 0 Å². The third-order valence-electron chi connectivity index (χ3n) is 21.5. The molecule has 446 valence electrons. The number of aromatic nitrogens is 2. The zero-order chi connectivity index (χ0) is 62.6. The largest absolute Gasteiger partial charge is 0.456 e. The maximum absolute atomic E-state index is 7.24. The zero-order valence-electron chi connectivity index (χ0n) is 51.5. The lowest BCUT2D eigenvalue weighted by molar-refractivity contribution is 0.668. The number of fused-ring (bicyclic) bond motifs is 31. The Hall–Kier alpha value is -13.1. The van der Waals surface area contributed by atoms with Gasteiger partial charge in [0.25, 0.3) is 0 Å². The molecular formula is C90H46N2O5. The van der Waals surface area contributed by atoms with Crippen LogP contribution in [0.5, 0.6) is 0 Å². The first-order valence-corrected chi connectivity index (χ1v) is 33.1. The Morgan fingerprint density at radius 1 is 0.144 bits per heavy atom. The molecule has 24 aromatic rings. The summed E-state index contributed by atoms with van der Waals surface area (Å²) in [6.07, 6.45) is 0. The van der Waals surface area contributed by atoms with E-state index in [4.69, 9.17) is 22.1 Å². The van der Waals surface area contributed by atoms with Gasteiger partial charge in [-0.1, -0.05) is 158 Å². The molecule has 0 bridgehead atoms. The van der Waals surface area contributed by atoms with Gasteiger partial charge in [-0.05, 0) is 177 Å². The van der Waals surface area contributed by atoms with E-state index < -0.39 is 0 Å². The highest BCUT2D eigenvalue weighted by Crippen LogP contribution is 2.52. The van der Waals surface area contributed by atoms with Gasteiger partial charge in [-0.2, -0.15) is 0 Å². The van der Waals surface area contributed by atoms with E-state index in [9.17, 15) is 0 Å². The summed E-state index contributed by atoms with van der Waals surface area (Å²) in [5, 5.41) is 19.9. The Labute approximate surface area is 548 Å². The molecule has 0 amide bonds. The lowest BCUT2D eigenvalue weighted by Crippen LogP contribution is -1.86. The molecule has 9 heterocycles. The van der Waals surface area contributed by atoms with E-state index in [1.807, 2.05) is 18.2 Å². The summed E-state index contributed by atoms with van der Waals surface area (Å²) in [5.74, 6) is 0. The summed E-state index contributed by atoms with van der Waals surface area (Å²) in [7, 11) is 0. The molecule has 0 fully saturated rings. The Morgan fingerprint density at radius 2 is 0.402 bits per heavy atom. The molecule has 7 nitrogen and oxygen atoms in total. The summed E-state index contributed by atoms with van der Waals surface area (Å²) >= 11 is 0. The lowest BCUT2D eigenvalue weighted by atomic mass is 9.92. The van der Waals surface area contributed by atoms with Gasteiger partial charge in [0.05, 0.1) is 33.1 Å². The summed E-state index contributed by atoms with van der Waals surface area (Å²) in [4.78, 5) is 0. The number of hydrogen-bond donors (Lipinski definition) is 0. The van der Waals surface area contributed by atoms with E-state index in [1.165, 1.54) is 22.3 Å². The van der Waals surface area contributed by atoms with Crippen LogP contribution in [0.4, 0.5) is 0 Å². The highest BCUT2D eigenvalue weighted by Gasteiger charge is 2.29. The van der Waals surface area contributed by atoms with Gasteiger partial charge in [0.1, 0.15) is 33.5 Å². The first-order valence-electron chi connectivity index (χ1n) is 33.1. The molecule has 97 heavy (non-hydrogen) atoms. The quantitative estimate of drug-likeness (QED) is 0.172. The van der Waals surface area contributed by atoms with Crippen LogP contribution in [0.2, 0.25) is 0 Å². The maximum atomic E-state index is 7.24. The molecule has 0 saturated carbocycles. The van der Waals surface area contributed by atoms with Crippen molar-refractivity contribution in [1.29, 1.82) is 0 Å². The third kappa shape index (κ3) is 6.59. The maximum Gasteiger partial charge on any atom is 0.160 e. The van der Waals surface area contributed by atoms with Gasteiger partial charge in [-0.15, -0.1) is 0 Å². The molecule has 7 heteroatoms. The molecule has 0 N–H and O–H groups in total. The van der Waals surface area contributed by atoms with Crippen LogP contribution in [0.3, 0.4) is 0 Å². The number of para-hydroxylation sites is 3. The molecule has 0 unspecified atom stereocenters. The molecular weight excluding hydrogens is 1190 g/mol. The number of nitrogens with zero attached hydrogens (tertiary/aromatic N) is 2. The van der Waals surface area contributed by atoms with Crippen LogP contribution >= 0.6 is 0 Å². The number of benzene rings is 15. The Kier molecular flexibility index (Phi) is 9.35. The molecule has 0 aliphatic rings. The van der Waals surface area contributed by atoms with Crippen LogP contribution < -0.4 is 0 Å². The van der Waals surface area contributed by atoms with Crippen molar-refractivity contribution in [3.8, 4) is 55.6 Å². The molecule has 0 radical (unpaired) electrons. The van der Waals surface area contributed by atoms with Crippen molar-refractivity contribution < 1.29 is 22.1 Å². The monoisotopic (exact) mass is 1230 g/mol. The topological polar surface area (TPSA) is 74.5 Å². The minimum Gasteiger partial charge on any atom is -0.456 e. The normalized spacial score (nSPS) is 12.7. The predicted molar refractivity (Wildman–Crippen MR) is 399 cm³/mol. The van der Waals surface area contributed by atoms with Crippen molar-refractivity contribution in [1.82, 2.24) is 8.80 Å². The number of hydrogen-bond acceptors (Lipinski definition) is 5. The minimum atomic E-state index is 0.823. The third-order valence-corrected chi connectivity index (χ3v) is 21.5. The van der Waals surface area contributed by atoms with Crippen molar-refractivity contribution in [2.24, 2.45) is 0 Å². The van der Waals surface area contributed by atoms with E-state index in [1.54, 1.807) is 0 Å². The molecule has 0 aliphatic carbocycles. The predicted octanol–water partition coefficient (Wildman–Crippen LogP) is 25.8. The molecule has 0 saturated heterocycles. The van der Waals surface area contributed by atoms with Crippen LogP contribution in [0.1, 0.15) is 0 Å². The summed E-state index contributed by atoms with van der Waals surface area (Å²) in [6, 6.07) is 101. The summed E-state index contributed by atoms with van der Waals surface area (Å²) < 4.78 is 39.5. The van der Waals surface area contributed by atoms with Gasteiger partial charge in [-0.25, -0.2) is 0 Å². The fourth-order valence-corrected chi connectivity index (χ4v) is 17.2. The van der Waals surface area contributed by atoms with Crippen LogP contribution in [0.15, 0.2) is 301 Å². The SMILES string of the molecule is c1ccc(-c2cc(-c3ccccc3)cc(-c3cc4c5ccc6c7ccccc7oc6c5n5c4c(c3)c3ccc4c6cc(-c7ccc8oc9c(ccc%10c%11cc(-c%12ccc%13oc%14ccccc%14c%13c%12)cc%12c%13ccc%14c%15ccccc%15oc%14c%13n(c%12%11)c%109)c8c7)ccc6oc4c35)c2)cc1. The Balaban J connectivity index is 0.706. The second-order valence-corrected chi connectivity index (χ2v) is 26.5. The summed E-state index contributed by atoms with van der Waals surface area (Å²) in [5.41, 5.74) is 26.3. The molecule has 24 rings (SSSR count). The molecule has 15 aromatic carbocycles. The van der Waals surface area contributed by atoms with E-state index in [0.29, 0.717) is 0 Å². The average Bonchev–Trinajstić information content (AvgIpc) is 1.53. The Bertz CT molecular complexity index is 7560. The second-order valence-electron chi connectivity index (χ2n) is 26.5. The van der Waals surface area contributed by atoms with Gasteiger partial charge >= 0.3 is 0 Å². The van der Waals surface area contributed by atoms with Gasteiger partial charge < -0.3 is 30.9 Å². The number of rotatable bonds is 5. The van der Waals surface area contributed by atoms with Gasteiger partial charge in [-0.3, -0.25) is 0 Å². The zero-order valence-corrected chi connectivity index (χ0v) is 51.5. The van der Waals surface area contributed by atoms with Crippen LogP contribution in [0.25, 0.3) is 242 Å². The smallest absolute Gasteiger partial charge is 0.160 e. The fourth-order valence-electron chi connectivity index (χ4n) is 17.2. The standard InChI is InChI=1S/C90H46N2O5/c1-3-13-47(14-4-1)52-37-53(48-15-5-2-6-16-48)39-54(38-52)56-45-73-61-27-31-65-58-18-8-12-22-77(58)95-88(65)84(61)92-82(73)74(46-56)63-29-33-67-70-41-50(24-36-80(70)97-90(67)86(63)92)49-23-35-79-69(40-49)66-32-28-62-72-44-55(51-25-34-78-68(42-51)59-19-9-10-20-75(59)93-78)43-71-60-26-30-64-57-17-7-11-21-76(57)94-87(64)83(60)91(81(71)72)85(62)89(66)96-79/h1-46H. The van der Waals surface area contributed by atoms with Crippen LogP contribution in [-0.2, 0) is 0 Å². The molecule has 0 atom stereocenters. The van der Waals surface area contributed by atoms with Crippen LogP contribution in [0, 0.1) is 0 Å². The number of furan rings is 5. The average molecular weight is 1240 g/mol. The first-order chi connectivity index (χ1) is 48.0. The van der Waals surface area contributed by atoms with E-state index in [0.717, 1.165) is 219 Å². The van der Waals surface area contributed by atoms with E-state index in [2.05, 4.69) is 270 Å². The minimum absolute atomic E-state index is 0.823. The van der Waals surface area contributed by atoms with E-state index >= 15 is 0 Å². The highest BCUT2D eigenvalue weighted by atomic mass is 16.3. The highest BCUT2D eigenvalue weighted by molar-refractivity contribution is 6.34. The van der Waals surface area contributed by atoms with Crippen molar-refractivity contribution in [2.75, 3.05) is 0 Å². The van der Waals surface area contributed by atoms with E-state index in [-0.39, 0.29) is 0 Å². The summed E-state index contributed by atoms with van der Waals surface area (Å²) in [6.45, 7) is 0. The van der Waals surface area contributed by atoms with Gasteiger partial charge in [0.15, 0.2) is 22.3 Å². The molecule has 0 spiro atoms. The van der Waals surface area contributed by atoms with Crippen molar-refractivity contribution in [2.45, 2.75) is 0 Å².